The van der Waals surface area contributed by atoms with Crippen LogP contribution in [-0.4, -0.2) is 36.7 Å². The van der Waals surface area contributed by atoms with E-state index in [1.54, 1.807) is 0 Å². The quantitative estimate of drug-likeness (QED) is 0.415. The molecule has 2 heterocycles. The average Bonchev–Trinajstić information content (AvgIpc) is 2.98. The number of amides is 1. The Balaban J connectivity index is 1.71. The zero-order valence-electron chi connectivity index (χ0n) is 11.9. The molecule has 0 spiro atoms. The number of hydrogen-bond donors (Lipinski definition) is 4. The van der Waals surface area contributed by atoms with Crippen molar-refractivity contribution in [2.24, 2.45) is 0 Å². The molecule has 0 saturated carbocycles. The fourth-order valence-corrected chi connectivity index (χ4v) is 2.67. The number of H-pyrrole nitrogens is 1. The number of hydrogen-bond acceptors (Lipinski definition) is 7. The van der Waals surface area contributed by atoms with Gasteiger partial charge in [-0.1, -0.05) is 11.8 Å². The summed E-state index contributed by atoms with van der Waals surface area (Å²) in [4.78, 5) is 26.6. The molecule has 2 aromatic heterocycles. The number of nitrogens with two attached hydrogens (primary N) is 1. The summed E-state index contributed by atoms with van der Waals surface area (Å²) in [5.41, 5.74) is 6.12. The standard InChI is InChI=1S/C13H10F2N6O2S/c14-5-1-6(15)8(22)2-7(5)19-9(23)3-24-12-10-11(18-4-17-10)20-13(16)21-12/h1-2,4,22H,3H2,(H,19,23)(H3,16,17,18,20,21). The normalized spacial score (nSPS) is 10.9. The van der Waals surface area contributed by atoms with Crippen LogP contribution >= 0.6 is 11.8 Å². The van der Waals surface area contributed by atoms with E-state index in [1.807, 2.05) is 0 Å². The second-order valence-corrected chi connectivity index (χ2v) is 5.57. The Hall–Kier alpha value is -2.95. The lowest BCUT2D eigenvalue weighted by Crippen LogP contribution is -2.15. The van der Waals surface area contributed by atoms with Gasteiger partial charge < -0.3 is 21.1 Å². The minimum atomic E-state index is -1.11. The molecule has 1 amide bonds. The number of anilines is 2. The van der Waals surface area contributed by atoms with Crippen molar-refractivity contribution in [1.29, 1.82) is 0 Å². The van der Waals surface area contributed by atoms with Crippen LogP contribution in [-0.2, 0) is 4.79 Å². The highest BCUT2D eigenvalue weighted by Crippen LogP contribution is 2.26. The number of rotatable bonds is 4. The fourth-order valence-electron chi connectivity index (χ4n) is 1.88. The molecule has 24 heavy (non-hydrogen) atoms. The van der Waals surface area contributed by atoms with E-state index in [0.717, 1.165) is 17.8 Å². The van der Waals surface area contributed by atoms with E-state index in [9.17, 15) is 18.7 Å². The summed E-state index contributed by atoms with van der Waals surface area (Å²) < 4.78 is 26.5. The van der Waals surface area contributed by atoms with E-state index in [0.29, 0.717) is 22.3 Å². The van der Waals surface area contributed by atoms with Crippen LogP contribution < -0.4 is 11.1 Å². The van der Waals surface area contributed by atoms with Crippen LogP contribution in [0.2, 0.25) is 0 Å². The van der Waals surface area contributed by atoms with Crippen molar-refractivity contribution in [3.05, 3.63) is 30.1 Å². The number of nitrogens with zero attached hydrogens (tertiary/aromatic N) is 3. The number of nitrogen functional groups attached to an aromatic ring is 1. The molecule has 0 saturated heterocycles. The van der Waals surface area contributed by atoms with Crippen molar-refractivity contribution in [2.45, 2.75) is 5.03 Å². The second kappa shape index (κ2) is 6.28. The first-order valence-corrected chi connectivity index (χ1v) is 7.50. The lowest BCUT2D eigenvalue weighted by Gasteiger charge is -2.07. The molecule has 0 unspecified atom stereocenters. The van der Waals surface area contributed by atoms with E-state index in [4.69, 9.17) is 5.73 Å². The molecule has 0 radical (unpaired) electrons. The van der Waals surface area contributed by atoms with Crippen LogP contribution in [0.5, 0.6) is 5.75 Å². The van der Waals surface area contributed by atoms with Crippen LogP contribution in [0.3, 0.4) is 0 Å². The Kier molecular flexibility index (Phi) is 4.16. The first kappa shape index (κ1) is 15.9. The van der Waals surface area contributed by atoms with Crippen molar-refractivity contribution in [3.8, 4) is 5.75 Å². The molecule has 0 aliphatic rings. The smallest absolute Gasteiger partial charge is 0.234 e. The van der Waals surface area contributed by atoms with Crippen LogP contribution in [0.25, 0.3) is 11.2 Å². The molecule has 0 fully saturated rings. The number of carbonyl (C=O) groups is 1. The van der Waals surface area contributed by atoms with Gasteiger partial charge in [-0.15, -0.1) is 0 Å². The second-order valence-electron chi connectivity index (χ2n) is 4.61. The van der Waals surface area contributed by atoms with Gasteiger partial charge in [-0.05, 0) is 0 Å². The lowest BCUT2D eigenvalue weighted by atomic mass is 10.2. The van der Waals surface area contributed by atoms with Gasteiger partial charge in [0.15, 0.2) is 17.2 Å². The molecule has 0 aliphatic heterocycles. The van der Waals surface area contributed by atoms with Crippen molar-refractivity contribution < 1.29 is 18.7 Å². The number of aromatic nitrogens is 4. The Bertz CT molecular complexity index is 932. The monoisotopic (exact) mass is 352 g/mol. The largest absolute Gasteiger partial charge is 0.505 e. The van der Waals surface area contributed by atoms with E-state index < -0.39 is 23.3 Å². The number of benzene rings is 1. The molecular formula is C13H10F2N6O2S. The van der Waals surface area contributed by atoms with Gasteiger partial charge in [0.2, 0.25) is 11.9 Å². The summed E-state index contributed by atoms with van der Waals surface area (Å²) in [6.45, 7) is 0. The highest BCUT2D eigenvalue weighted by atomic mass is 32.2. The molecule has 5 N–H and O–H groups in total. The van der Waals surface area contributed by atoms with Gasteiger partial charge >= 0.3 is 0 Å². The average molecular weight is 352 g/mol. The highest BCUT2D eigenvalue weighted by Gasteiger charge is 2.14. The summed E-state index contributed by atoms with van der Waals surface area (Å²) in [6, 6.07) is 1.28. The third kappa shape index (κ3) is 3.20. The Morgan fingerprint density at radius 3 is 2.92 bits per heavy atom. The maximum absolute atomic E-state index is 13.6. The van der Waals surface area contributed by atoms with Crippen molar-refractivity contribution in [3.63, 3.8) is 0 Å². The maximum Gasteiger partial charge on any atom is 0.234 e. The minimum Gasteiger partial charge on any atom is -0.505 e. The number of halogens is 2. The predicted octanol–water partition coefficient (Wildman–Crippen LogP) is 1.65. The number of nitrogens with one attached hydrogen (secondary N) is 2. The Morgan fingerprint density at radius 2 is 2.12 bits per heavy atom. The van der Waals surface area contributed by atoms with Crippen molar-refractivity contribution in [2.75, 3.05) is 16.8 Å². The molecule has 3 rings (SSSR count). The first-order chi connectivity index (χ1) is 11.4. The highest BCUT2D eigenvalue weighted by molar-refractivity contribution is 8.00. The molecule has 8 nitrogen and oxygen atoms in total. The first-order valence-electron chi connectivity index (χ1n) is 6.51. The summed E-state index contributed by atoms with van der Waals surface area (Å²) in [5.74, 6) is -3.56. The number of phenols is 1. The number of imidazole rings is 1. The molecule has 124 valence electrons. The SMILES string of the molecule is Nc1nc(SCC(=O)Nc2cc(O)c(F)cc2F)c2[nH]cnc2n1. The van der Waals surface area contributed by atoms with Crippen molar-refractivity contribution in [1.82, 2.24) is 19.9 Å². The van der Waals surface area contributed by atoms with Gasteiger partial charge in [0, 0.05) is 12.1 Å². The molecule has 0 atom stereocenters. The third-order valence-corrected chi connectivity index (χ3v) is 3.90. The van der Waals surface area contributed by atoms with Crippen LogP contribution in [0.4, 0.5) is 20.4 Å². The molecular weight excluding hydrogens is 342 g/mol. The topological polar surface area (TPSA) is 130 Å². The molecule has 1 aromatic carbocycles. The zero-order valence-corrected chi connectivity index (χ0v) is 12.7. The Labute approximate surface area is 137 Å². The van der Waals surface area contributed by atoms with Gasteiger partial charge in [-0.3, -0.25) is 4.79 Å². The van der Waals surface area contributed by atoms with E-state index in [2.05, 4.69) is 25.3 Å². The van der Waals surface area contributed by atoms with Gasteiger partial charge in [0.25, 0.3) is 0 Å². The number of aromatic hydroxyl groups is 1. The zero-order chi connectivity index (χ0) is 17.3. The van der Waals surface area contributed by atoms with E-state index in [-0.39, 0.29) is 17.4 Å². The van der Waals surface area contributed by atoms with Crippen molar-refractivity contribution >= 4 is 40.5 Å². The maximum atomic E-state index is 13.6. The van der Waals surface area contributed by atoms with Crippen LogP contribution in [0, 0.1) is 11.6 Å². The number of carbonyl (C=O) groups excluding carboxylic acids is 1. The molecule has 11 heteroatoms. The van der Waals surface area contributed by atoms with Gasteiger partial charge in [0.1, 0.15) is 16.4 Å². The van der Waals surface area contributed by atoms with E-state index in [1.165, 1.54) is 6.33 Å². The summed E-state index contributed by atoms with van der Waals surface area (Å²) in [7, 11) is 0. The fraction of sp³-hybridized carbons (Fsp3) is 0.0769. The van der Waals surface area contributed by atoms with Crippen LogP contribution in [0.1, 0.15) is 0 Å². The van der Waals surface area contributed by atoms with Crippen LogP contribution in [0.15, 0.2) is 23.5 Å². The van der Waals surface area contributed by atoms with Gasteiger partial charge in [-0.25, -0.2) is 18.7 Å². The molecule has 0 aliphatic carbocycles. The molecule has 0 bridgehead atoms. The predicted molar refractivity (Wildman–Crippen MR) is 83.5 cm³/mol. The van der Waals surface area contributed by atoms with E-state index >= 15 is 0 Å². The molecule has 3 aromatic rings. The number of phenolic OH excluding ortho intramolecular Hbond substituents is 1. The Morgan fingerprint density at radius 1 is 1.33 bits per heavy atom. The minimum absolute atomic E-state index is 0.00649. The number of aromatic amines is 1. The summed E-state index contributed by atoms with van der Waals surface area (Å²) in [6.07, 6.45) is 1.42. The number of fused-ring (bicyclic) bond motifs is 1. The number of thioether (sulfide) groups is 1. The van der Waals surface area contributed by atoms with Gasteiger partial charge in [0.05, 0.1) is 17.8 Å². The van der Waals surface area contributed by atoms with Gasteiger partial charge in [-0.2, -0.15) is 4.98 Å². The summed E-state index contributed by atoms with van der Waals surface area (Å²) in [5, 5.41) is 11.9. The lowest BCUT2D eigenvalue weighted by molar-refractivity contribution is -0.113. The summed E-state index contributed by atoms with van der Waals surface area (Å²) >= 11 is 1.04. The third-order valence-electron chi connectivity index (χ3n) is 2.92.